The van der Waals surface area contributed by atoms with E-state index in [0.29, 0.717) is 25.1 Å². The molecule has 0 aliphatic carbocycles. The number of carboxylic acid groups (broad SMARTS) is 1. The van der Waals surface area contributed by atoms with Gasteiger partial charge in [0.25, 0.3) is 0 Å². The summed E-state index contributed by atoms with van der Waals surface area (Å²) in [5, 5.41) is 16.1. The lowest BCUT2D eigenvalue weighted by Crippen LogP contribution is -2.30. The largest absolute Gasteiger partial charge is 0.478 e. The molecule has 0 spiro atoms. The van der Waals surface area contributed by atoms with Crippen LogP contribution in [-0.2, 0) is 30.7 Å². The minimum atomic E-state index is -1.01. The number of hydrogen-bond donors (Lipinski definition) is 2. The third-order valence-corrected chi connectivity index (χ3v) is 4.44. The molecule has 8 heteroatoms. The molecule has 1 aromatic carbocycles. The van der Waals surface area contributed by atoms with Crippen molar-refractivity contribution in [3.63, 3.8) is 0 Å². The van der Waals surface area contributed by atoms with E-state index in [2.05, 4.69) is 10.4 Å². The molecule has 1 aliphatic rings. The molecule has 138 valence electrons. The molecule has 1 aromatic heterocycles. The number of benzene rings is 1. The number of carboxylic acids is 1. The van der Waals surface area contributed by atoms with Crippen molar-refractivity contribution in [1.82, 2.24) is 19.7 Å². The van der Waals surface area contributed by atoms with E-state index in [1.807, 2.05) is 0 Å². The van der Waals surface area contributed by atoms with Gasteiger partial charge < -0.3 is 10.4 Å². The number of carbonyl (C=O) groups is 2. The Morgan fingerprint density at radius 1 is 1.27 bits per heavy atom. The standard InChI is InChI=1S/C18H22N4O4/c23-16(12-13-5-3-6-14(11-13)17(24)25)19-8-4-10-22-18(26)21-9-2-1-7-15(21)20-22/h3,5-6,11H,1-2,4,7-10,12H2,(H,19,23)(H,24,25). The third kappa shape index (κ3) is 4.19. The molecule has 0 saturated carbocycles. The number of hydrogen-bond acceptors (Lipinski definition) is 4. The van der Waals surface area contributed by atoms with Crippen molar-refractivity contribution in [1.29, 1.82) is 0 Å². The second-order valence-electron chi connectivity index (χ2n) is 6.42. The van der Waals surface area contributed by atoms with Crippen LogP contribution < -0.4 is 11.0 Å². The molecule has 0 atom stereocenters. The molecule has 3 rings (SSSR count). The number of nitrogens with one attached hydrogen (secondary N) is 1. The Labute approximate surface area is 150 Å². The van der Waals surface area contributed by atoms with Gasteiger partial charge in [-0.3, -0.25) is 9.36 Å². The molecule has 0 saturated heterocycles. The second kappa shape index (κ2) is 7.99. The maximum Gasteiger partial charge on any atom is 0.345 e. The molecule has 8 nitrogen and oxygen atoms in total. The lowest BCUT2D eigenvalue weighted by atomic mass is 10.1. The highest BCUT2D eigenvalue weighted by atomic mass is 16.4. The Morgan fingerprint density at radius 2 is 2.12 bits per heavy atom. The van der Waals surface area contributed by atoms with Crippen molar-refractivity contribution in [2.45, 2.75) is 45.2 Å². The van der Waals surface area contributed by atoms with Crippen LogP contribution in [0.15, 0.2) is 29.1 Å². The van der Waals surface area contributed by atoms with Crippen molar-refractivity contribution in [2.24, 2.45) is 0 Å². The minimum Gasteiger partial charge on any atom is -0.478 e. The zero-order valence-corrected chi connectivity index (χ0v) is 14.5. The average Bonchev–Trinajstić information content (AvgIpc) is 2.95. The van der Waals surface area contributed by atoms with E-state index in [4.69, 9.17) is 5.11 Å². The summed E-state index contributed by atoms with van der Waals surface area (Å²) in [7, 11) is 0. The number of carbonyl (C=O) groups excluding carboxylic acids is 1. The summed E-state index contributed by atoms with van der Waals surface area (Å²) < 4.78 is 3.21. The Kier molecular flexibility index (Phi) is 5.50. The molecule has 1 amide bonds. The van der Waals surface area contributed by atoms with Gasteiger partial charge in [0, 0.05) is 26.1 Å². The van der Waals surface area contributed by atoms with Crippen LogP contribution >= 0.6 is 0 Å². The zero-order valence-electron chi connectivity index (χ0n) is 14.5. The van der Waals surface area contributed by atoms with Crippen molar-refractivity contribution in [3.05, 3.63) is 51.7 Å². The molecule has 1 aliphatic heterocycles. The smallest absolute Gasteiger partial charge is 0.345 e. The normalized spacial score (nSPS) is 13.2. The molecule has 2 aromatic rings. The lowest BCUT2D eigenvalue weighted by Gasteiger charge is -2.09. The highest BCUT2D eigenvalue weighted by molar-refractivity contribution is 5.88. The van der Waals surface area contributed by atoms with E-state index in [0.717, 1.165) is 31.6 Å². The Morgan fingerprint density at radius 3 is 2.88 bits per heavy atom. The van der Waals surface area contributed by atoms with Crippen LogP contribution in [0.4, 0.5) is 0 Å². The van der Waals surface area contributed by atoms with Gasteiger partial charge in [-0.25, -0.2) is 14.3 Å². The molecule has 0 bridgehead atoms. The topological polar surface area (TPSA) is 106 Å². The van der Waals surface area contributed by atoms with Crippen molar-refractivity contribution in [2.75, 3.05) is 6.54 Å². The summed E-state index contributed by atoms with van der Waals surface area (Å²) in [5.41, 5.74) is 0.746. The highest BCUT2D eigenvalue weighted by Gasteiger charge is 2.16. The summed E-state index contributed by atoms with van der Waals surface area (Å²) in [4.78, 5) is 35.1. The monoisotopic (exact) mass is 358 g/mol. The molecular weight excluding hydrogens is 336 g/mol. The van der Waals surface area contributed by atoms with Gasteiger partial charge in [-0.15, -0.1) is 0 Å². The van der Waals surface area contributed by atoms with Crippen LogP contribution in [0.5, 0.6) is 0 Å². The number of rotatable bonds is 7. The van der Waals surface area contributed by atoms with E-state index in [1.165, 1.54) is 16.8 Å². The number of aromatic carboxylic acids is 1. The second-order valence-corrected chi connectivity index (χ2v) is 6.42. The average molecular weight is 358 g/mol. The first-order valence-electron chi connectivity index (χ1n) is 8.80. The quantitative estimate of drug-likeness (QED) is 0.713. The van der Waals surface area contributed by atoms with Gasteiger partial charge in [0.2, 0.25) is 5.91 Å². The predicted molar refractivity (Wildman–Crippen MR) is 94.2 cm³/mol. The number of aryl methyl sites for hydroxylation is 2. The molecule has 0 fully saturated rings. The van der Waals surface area contributed by atoms with E-state index in [9.17, 15) is 14.4 Å². The Balaban J connectivity index is 1.46. The van der Waals surface area contributed by atoms with Crippen LogP contribution in [0.25, 0.3) is 0 Å². The summed E-state index contributed by atoms with van der Waals surface area (Å²) >= 11 is 0. The summed E-state index contributed by atoms with van der Waals surface area (Å²) in [6.45, 7) is 1.64. The van der Waals surface area contributed by atoms with Gasteiger partial charge >= 0.3 is 11.7 Å². The Bertz CT molecular complexity index is 868. The van der Waals surface area contributed by atoms with E-state index < -0.39 is 5.97 Å². The molecular formula is C18H22N4O4. The maximum absolute atomic E-state index is 12.2. The van der Waals surface area contributed by atoms with Gasteiger partial charge in [0.1, 0.15) is 5.82 Å². The fraction of sp³-hybridized carbons (Fsp3) is 0.444. The summed E-state index contributed by atoms with van der Waals surface area (Å²) in [6, 6.07) is 6.34. The van der Waals surface area contributed by atoms with E-state index in [1.54, 1.807) is 16.7 Å². The van der Waals surface area contributed by atoms with Crippen molar-refractivity contribution < 1.29 is 14.7 Å². The van der Waals surface area contributed by atoms with Crippen LogP contribution in [0.3, 0.4) is 0 Å². The van der Waals surface area contributed by atoms with Crippen LogP contribution in [0.2, 0.25) is 0 Å². The first-order valence-corrected chi connectivity index (χ1v) is 8.80. The van der Waals surface area contributed by atoms with Crippen molar-refractivity contribution in [3.8, 4) is 0 Å². The van der Waals surface area contributed by atoms with E-state index in [-0.39, 0.29) is 23.6 Å². The minimum absolute atomic E-state index is 0.0727. The van der Waals surface area contributed by atoms with E-state index >= 15 is 0 Å². The van der Waals surface area contributed by atoms with Crippen LogP contribution in [0, 0.1) is 0 Å². The molecule has 2 N–H and O–H groups in total. The SMILES string of the molecule is O=C(Cc1cccc(C(=O)O)c1)NCCCn1nc2n(c1=O)CCCC2. The van der Waals surface area contributed by atoms with Gasteiger partial charge in [-0.05, 0) is 37.0 Å². The Hall–Kier alpha value is -2.90. The summed E-state index contributed by atoms with van der Waals surface area (Å²) in [6.07, 6.45) is 3.65. The van der Waals surface area contributed by atoms with Gasteiger partial charge in [0.05, 0.1) is 12.0 Å². The molecule has 2 heterocycles. The first-order chi connectivity index (χ1) is 12.5. The first kappa shape index (κ1) is 17.9. The van der Waals surface area contributed by atoms with Crippen LogP contribution in [0.1, 0.15) is 41.0 Å². The fourth-order valence-corrected chi connectivity index (χ4v) is 3.11. The predicted octanol–water partition coefficient (Wildman–Crippen LogP) is 0.828. The van der Waals surface area contributed by atoms with Gasteiger partial charge in [-0.1, -0.05) is 12.1 Å². The maximum atomic E-state index is 12.2. The highest BCUT2D eigenvalue weighted by Crippen LogP contribution is 2.09. The lowest BCUT2D eigenvalue weighted by molar-refractivity contribution is -0.120. The fourth-order valence-electron chi connectivity index (χ4n) is 3.11. The summed E-state index contributed by atoms with van der Waals surface area (Å²) in [5.74, 6) is -0.340. The van der Waals surface area contributed by atoms with Gasteiger partial charge in [-0.2, -0.15) is 5.10 Å². The molecule has 0 radical (unpaired) electrons. The number of aromatic nitrogens is 3. The number of fused-ring (bicyclic) bond motifs is 1. The number of amides is 1. The molecule has 0 unspecified atom stereocenters. The van der Waals surface area contributed by atoms with Gasteiger partial charge in [0.15, 0.2) is 0 Å². The zero-order chi connectivity index (χ0) is 18.5. The third-order valence-electron chi connectivity index (χ3n) is 4.44. The number of nitrogens with zero attached hydrogens (tertiary/aromatic N) is 3. The molecule has 26 heavy (non-hydrogen) atoms. The van der Waals surface area contributed by atoms with Crippen molar-refractivity contribution >= 4 is 11.9 Å². The van der Waals surface area contributed by atoms with Crippen LogP contribution in [-0.4, -0.2) is 37.9 Å².